The fourth-order valence-electron chi connectivity index (χ4n) is 2.24. The van der Waals surface area contributed by atoms with E-state index in [0.717, 1.165) is 41.9 Å². The Hall–Kier alpha value is -1.17. The van der Waals surface area contributed by atoms with Crippen molar-refractivity contribution in [3.8, 4) is 10.8 Å². The molecule has 2 aromatic rings. The number of thiazole rings is 1. The smallest absolute Gasteiger partial charge is 0.162 e. The maximum absolute atomic E-state index is 5.62. The Labute approximate surface area is 111 Å². The van der Waals surface area contributed by atoms with Crippen LogP contribution in [0, 0.1) is 6.92 Å². The van der Waals surface area contributed by atoms with Gasteiger partial charge in [-0.1, -0.05) is 0 Å². The molecule has 1 aliphatic rings. The first kappa shape index (κ1) is 11.9. The zero-order valence-electron chi connectivity index (χ0n) is 10.6. The number of rotatable bonds is 2. The van der Waals surface area contributed by atoms with E-state index in [1.165, 1.54) is 0 Å². The molecule has 1 N–H and O–H groups in total. The summed E-state index contributed by atoms with van der Waals surface area (Å²) in [6, 6.07) is 4.34. The zero-order valence-corrected chi connectivity index (χ0v) is 11.5. The predicted octanol–water partition coefficient (Wildman–Crippen LogP) is 2.29. The molecule has 0 aromatic carbocycles. The summed E-state index contributed by atoms with van der Waals surface area (Å²) >= 11 is 1.65. The van der Waals surface area contributed by atoms with E-state index in [9.17, 15) is 0 Å². The van der Waals surface area contributed by atoms with E-state index in [0.29, 0.717) is 6.04 Å². The largest absolute Gasteiger partial charge is 0.459 e. The summed E-state index contributed by atoms with van der Waals surface area (Å²) in [6.45, 7) is 5.05. The number of hydrogen-bond donors (Lipinski definition) is 1. The van der Waals surface area contributed by atoms with Gasteiger partial charge in [-0.3, -0.25) is 4.90 Å². The Morgan fingerprint density at radius 1 is 1.50 bits per heavy atom. The van der Waals surface area contributed by atoms with Crippen molar-refractivity contribution >= 4 is 11.3 Å². The van der Waals surface area contributed by atoms with Crippen molar-refractivity contribution in [2.24, 2.45) is 0 Å². The van der Waals surface area contributed by atoms with Crippen LogP contribution in [0.3, 0.4) is 0 Å². The molecule has 0 bridgehead atoms. The second-order valence-electron chi connectivity index (χ2n) is 4.69. The van der Waals surface area contributed by atoms with Gasteiger partial charge in [0.2, 0.25) is 0 Å². The van der Waals surface area contributed by atoms with Crippen LogP contribution in [-0.4, -0.2) is 36.6 Å². The van der Waals surface area contributed by atoms with Crippen molar-refractivity contribution in [1.82, 2.24) is 15.2 Å². The van der Waals surface area contributed by atoms with Crippen LogP contribution in [0.15, 0.2) is 21.9 Å². The molecule has 1 saturated heterocycles. The highest BCUT2D eigenvalue weighted by molar-refractivity contribution is 7.13. The second kappa shape index (κ2) is 4.84. The van der Waals surface area contributed by atoms with Gasteiger partial charge < -0.3 is 9.73 Å². The number of aromatic nitrogens is 1. The zero-order chi connectivity index (χ0) is 12.5. The molecule has 1 aliphatic heterocycles. The predicted molar refractivity (Wildman–Crippen MR) is 72.8 cm³/mol. The molecule has 0 saturated carbocycles. The Morgan fingerprint density at radius 3 is 3.11 bits per heavy atom. The van der Waals surface area contributed by atoms with E-state index in [1.807, 2.05) is 19.1 Å². The monoisotopic (exact) mass is 263 g/mol. The van der Waals surface area contributed by atoms with Gasteiger partial charge in [0, 0.05) is 25.0 Å². The van der Waals surface area contributed by atoms with E-state index in [4.69, 9.17) is 9.40 Å². The molecule has 2 aromatic heterocycles. The number of nitrogens with one attached hydrogen (secondary N) is 1. The standard InChI is InChI=1S/C13H17N3OS/c1-9-3-4-12(17-9)13-15-10(8-18-13)11-7-14-5-6-16(11)2/h3-4,8,11,14H,5-7H2,1-2H3. The summed E-state index contributed by atoms with van der Waals surface area (Å²) in [5.74, 6) is 1.80. The topological polar surface area (TPSA) is 41.3 Å². The van der Waals surface area contributed by atoms with E-state index >= 15 is 0 Å². The summed E-state index contributed by atoms with van der Waals surface area (Å²) in [6.07, 6.45) is 0. The molecule has 18 heavy (non-hydrogen) atoms. The van der Waals surface area contributed by atoms with Crippen molar-refractivity contribution in [3.05, 3.63) is 29.0 Å². The van der Waals surface area contributed by atoms with Crippen LogP contribution >= 0.6 is 11.3 Å². The molecule has 3 rings (SSSR count). The number of hydrogen-bond acceptors (Lipinski definition) is 5. The number of furan rings is 1. The number of aryl methyl sites for hydroxylation is 1. The fraction of sp³-hybridized carbons (Fsp3) is 0.462. The van der Waals surface area contributed by atoms with Crippen molar-refractivity contribution < 1.29 is 4.42 Å². The van der Waals surface area contributed by atoms with Gasteiger partial charge in [-0.2, -0.15) is 0 Å². The highest BCUT2D eigenvalue weighted by Crippen LogP contribution is 2.29. The lowest BCUT2D eigenvalue weighted by atomic mass is 10.1. The fourth-order valence-corrected chi connectivity index (χ4v) is 3.06. The van der Waals surface area contributed by atoms with Crippen molar-refractivity contribution in [1.29, 1.82) is 0 Å². The first-order valence-electron chi connectivity index (χ1n) is 6.17. The van der Waals surface area contributed by atoms with Crippen LogP contribution in [0.5, 0.6) is 0 Å². The van der Waals surface area contributed by atoms with Crippen molar-refractivity contribution in [2.45, 2.75) is 13.0 Å². The Morgan fingerprint density at radius 2 is 2.39 bits per heavy atom. The molecule has 1 unspecified atom stereocenters. The summed E-state index contributed by atoms with van der Waals surface area (Å²) in [4.78, 5) is 7.06. The summed E-state index contributed by atoms with van der Waals surface area (Å²) in [7, 11) is 2.15. The van der Waals surface area contributed by atoms with Crippen LogP contribution in [0.4, 0.5) is 0 Å². The quantitative estimate of drug-likeness (QED) is 0.902. The molecule has 0 spiro atoms. The van der Waals surface area contributed by atoms with Crippen LogP contribution in [0.2, 0.25) is 0 Å². The van der Waals surface area contributed by atoms with Crippen LogP contribution < -0.4 is 5.32 Å². The number of likely N-dealkylation sites (N-methyl/N-ethyl adjacent to an activating group) is 1. The summed E-state index contributed by atoms with van der Waals surface area (Å²) in [5.41, 5.74) is 1.14. The summed E-state index contributed by atoms with van der Waals surface area (Å²) < 4.78 is 5.62. The van der Waals surface area contributed by atoms with E-state index in [2.05, 4.69) is 22.6 Å². The van der Waals surface area contributed by atoms with Gasteiger partial charge in [0.1, 0.15) is 5.76 Å². The third-order valence-electron chi connectivity index (χ3n) is 3.33. The highest BCUT2D eigenvalue weighted by atomic mass is 32.1. The number of nitrogens with zero attached hydrogens (tertiary/aromatic N) is 2. The van der Waals surface area contributed by atoms with Gasteiger partial charge in [0.25, 0.3) is 0 Å². The molecule has 0 aliphatic carbocycles. The minimum atomic E-state index is 0.375. The minimum absolute atomic E-state index is 0.375. The first-order chi connectivity index (χ1) is 8.74. The maximum Gasteiger partial charge on any atom is 0.162 e. The molecule has 0 amide bonds. The average Bonchev–Trinajstić information content (AvgIpc) is 2.98. The Bertz CT molecular complexity index is 534. The van der Waals surface area contributed by atoms with Crippen LogP contribution in [0.1, 0.15) is 17.5 Å². The summed E-state index contributed by atoms with van der Waals surface area (Å²) in [5, 5.41) is 6.53. The third kappa shape index (κ3) is 2.21. The molecule has 1 fully saturated rings. The normalized spacial score (nSPS) is 21.3. The molecule has 0 radical (unpaired) electrons. The van der Waals surface area contributed by atoms with Crippen LogP contribution in [-0.2, 0) is 0 Å². The van der Waals surface area contributed by atoms with Crippen molar-refractivity contribution in [3.63, 3.8) is 0 Å². The van der Waals surface area contributed by atoms with E-state index in [-0.39, 0.29) is 0 Å². The van der Waals surface area contributed by atoms with Gasteiger partial charge in [-0.25, -0.2) is 4.98 Å². The van der Waals surface area contributed by atoms with Gasteiger partial charge in [-0.15, -0.1) is 11.3 Å². The minimum Gasteiger partial charge on any atom is -0.459 e. The maximum atomic E-state index is 5.62. The third-order valence-corrected chi connectivity index (χ3v) is 4.20. The lowest BCUT2D eigenvalue weighted by Crippen LogP contribution is -2.43. The van der Waals surface area contributed by atoms with Crippen LogP contribution in [0.25, 0.3) is 10.8 Å². The molecular formula is C13H17N3OS. The Kier molecular flexibility index (Phi) is 3.20. The molecule has 3 heterocycles. The molecule has 5 heteroatoms. The molecule has 4 nitrogen and oxygen atoms in total. The van der Waals surface area contributed by atoms with Gasteiger partial charge in [0.15, 0.2) is 10.8 Å². The first-order valence-corrected chi connectivity index (χ1v) is 7.05. The van der Waals surface area contributed by atoms with Gasteiger partial charge in [-0.05, 0) is 26.1 Å². The molecule has 1 atom stereocenters. The lowest BCUT2D eigenvalue weighted by Gasteiger charge is -2.31. The second-order valence-corrected chi connectivity index (χ2v) is 5.55. The number of piperazine rings is 1. The lowest BCUT2D eigenvalue weighted by molar-refractivity contribution is 0.199. The molecule has 96 valence electrons. The SMILES string of the molecule is Cc1ccc(-c2nc(C3CNCCN3C)cs2)o1. The molecular weight excluding hydrogens is 246 g/mol. The van der Waals surface area contributed by atoms with E-state index < -0.39 is 0 Å². The highest BCUT2D eigenvalue weighted by Gasteiger charge is 2.23. The van der Waals surface area contributed by atoms with Gasteiger partial charge >= 0.3 is 0 Å². The van der Waals surface area contributed by atoms with Gasteiger partial charge in [0.05, 0.1) is 11.7 Å². The van der Waals surface area contributed by atoms with E-state index in [1.54, 1.807) is 11.3 Å². The average molecular weight is 263 g/mol. The Balaban J connectivity index is 1.84. The van der Waals surface area contributed by atoms with Crippen molar-refractivity contribution in [2.75, 3.05) is 26.7 Å².